The third-order valence-corrected chi connectivity index (χ3v) is 11.2. The van der Waals surface area contributed by atoms with Gasteiger partial charge in [-0.1, -0.05) is 188 Å². The fourth-order valence-corrected chi connectivity index (χ4v) is 8.38. The molecule has 55 heavy (non-hydrogen) atoms. The summed E-state index contributed by atoms with van der Waals surface area (Å²) in [5.41, 5.74) is 21.3. The zero-order chi connectivity index (χ0) is 36.6. The topological polar surface area (TPSA) is 0 Å². The summed E-state index contributed by atoms with van der Waals surface area (Å²) in [6.45, 7) is 0. The maximum atomic E-state index is 2.35. The Kier molecular flexibility index (Phi) is 8.35. The van der Waals surface area contributed by atoms with Crippen LogP contribution in [0.15, 0.2) is 224 Å². The molecular weight excluding hydrogens is 661 g/mol. The standard InChI is InChI=1S/C55H38/c1-4-14-38(15-5-1)45-32-46(39-16-6-2-7-17-39)35-49(34-45)50-36-47(40-18-8-3-9-19-40)33-48(37-50)43-26-24-41(25-27-43)42-28-30-44(31-29-42)55-53-22-12-10-20-51(53)52-21-11-13-23-54(52)55/h1-37,55H. The molecule has 0 N–H and O–H groups in total. The fourth-order valence-electron chi connectivity index (χ4n) is 8.38. The molecule has 0 heteroatoms. The van der Waals surface area contributed by atoms with E-state index >= 15 is 0 Å². The summed E-state index contributed by atoms with van der Waals surface area (Å²) in [6, 6.07) is 82.1. The SMILES string of the molecule is c1ccc(-c2cc(-c3ccccc3)cc(-c3cc(-c4ccccc4)cc(-c4ccc(-c5ccc(C6c7ccccc7-c7ccccc76)cc5)cc4)c3)c2)cc1. The Morgan fingerprint density at radius 3 is 0.818 bits per heavy atom. The minimum Gasteiger partial charge on any atom is -0.0622 e. The molecule has 0 saturated heterocycles. The van der Waals surface area contributed by atoms with Crippen molar-refractivity contribution in [3.05, 3.63) is 241 Å². The van der Waals surface area contributed by atoms with Gasteiger partial charge in [0.25, 0.3) is 0 Å². The summed E-state index contributed by atoms with van der Waals surface area (Å²) < 4.78 is 0. The minimum absolute atomic E-state index is 0.257. The van der Waals surface area contributed by atoms with Crippen molar-refractivity contribution in [3.63, 3.8) is 0 Å². The van der Waals surface area contributed by atoms with E-state index in [2.05, 4.69) is 224 Å². The van der Waals surface area contributed by atoms with Gasteiger partial charge >= 0.3 is 0 Å². The first kappa shape index (κ1) is 32.6. The second kappa shape index (κ2) is 14.1. The summed E-state index contributed by atoms with van der Waals surface area (Å²) in [5.74, 6) is 0.257. The van der Waals surface area contributed by atoms with Crippen LogP contribution in [0.4, 0.5) is 0 Å². The van der Waals surface area contributed by atoms with Crippen LogP contribution < -0.4 is 0 Å². The van der Waals surface area contributed by atoms with Crippen molar-refractivity contribution in [2.75, 3.05) is 0 Å². The van der Waals surface area contributed by atoms with Crippen molar-refractivity contribution in [2.24, 2.45) is 0 Å². The summed E-state index contributed by atoms with van der Waals surface area (Å²) >= 11 is 0. The molecule has 0 bridgehead atoms. The summed E-state index contributed by atoms with van der Waals surface area (Å²) in [5, 5.41) is 0. The smallest absolute Gasteiger partial charge is 0.0352 e. The number of fused-ring (bicyclic) bond motifs is 3. The van der Waals surface area contributed by atoms with Gasteiger partial charge in [0.05, 0.1) is 0 Å². The average molecular weight is 699 g/mol. The van der Waals surface area contributed by atoms with E-state index < -0.39 is 0 Å². The van der Waals surface area contributed by atoms with Crippen molar-refractivity contribution in [3.8, 4) is 77.9 Å². The van der Waals surface area contributed by atoms with Gasteiger partial charge in [-0.3, -0.25) is 0 Å². The van der Waals surface area contributed by atoms with Gasteiger partial charge in [0.15, 0.2) is 0 Å². The molecule has 0 saturated carbocycles. The van der Waals surface area contributed by atoms with Gasteiger partial charge in [0.2, 0.25) is 0 Å². The molecular formula is C55H38. The van der Waals surface area contributed by atoms with Crippen molar-refractivity contribution in [2.45, 2.75) is 5.92 Å². The van der Waals surface area contributed by atoms with Crippen LogP contribution in [-0.2, 0) is 0 Å². The molecule has 0 radical (unpaired) electrons. The lowest BCUT2D eigenvalue weighted by Gasteiger charge is -2.16. The molecule has 0 aliphatic heterocycles. The van der Waals surface area contributed by atoms with Crippen LogP contribution in [-0.4, -0.2) is 0 Å². The molecule has 9 aromatic rings. The van der Waals surface area contributed by atoms with Crippen LogP contribution >= 0.6 is 0 Å². The maximum absolute atomic E-state index is 2.35. The summed E-state index contributed by atoms with van der Waals surface area (Å²) in [7, 11) is 0. The molecule has 10 rings (SSSR count). The Hall–Kier alpha value is -7.02. The first-order chi connectivity index (χ1) is 27.2. The van der Waals surface area contributed by atoms with Gasteiger partial charge < -0.3 is 0 Å². The Bertz CT molecular complexity index is 2660. The second-order valence-electron chi connectivity index (χ2n) is 14.5. The molecule has 0 nitrogen and oxygen atoms in total. The first-order valence-electron chi connectivity index (χ1n) is 19.1. The van der Waals surface area contributed by atoms with Crippen LogP contribution in [0.2, 0.25) is 0 Å². The highest BCUT2D eigenvalue weighted by atomic mass is 14.3. The zero-order valence-electron chi connectivity index (χ0n) is 30.4. The molecule has 0 spiro atoms. The van der Waals surface area contributed by atoms with Crippen LogP contribution in [0.3, 0.4) is 0 Å². The van der Waals surface area contributed by atoms with Crippen LogP contribution in [0.5, 0.6) is 0 Å². The van der Waals surface area contributed by atoms with E-state index in [-0.39, 0.29) is 5.92 Å². The number of hydrogen-bond donors (Lipinski definition) is 0. The minimum atomic E-state index is 0.257. The Balaban J connectivity index is 1.02. The van der Waals surface area contributed by atoms with Gasteiger partial charge in [-0.05, 0) is 131 Å². The Morgan fingerprint density at radius 1 is 0.200 bits per heavy atom. The van der Waals surface area contributed by atoms with Crippen molar-refractivity contribution in [1.82, 2.24) is 0 Å². The van der Waals surface area contributed by atoms with E-state index in [4.69, 9.17) is 0 Å². The molecule has 258 valence electrons. The van der Waals surface area contributed by atoms with Crippen molar-refractivity contribution in [1.29, 1.82) is 0 Å². The van der Waals surface area contributed by atoms with Gasteiger partial charge in [-0.25, -0.2) is 0 Å². The monoisotopic (exact) mass is 698 g/mol. The van der Waals surface area contributed by atoms with Crippen molar-refractivity contribution < 1.29 is 0 Å². The lowest BCUT2D eigenvalue weighted by Crippen LogP contribution is -1.98. The van der Waals surface area contributed by atoms with E-state index in [1.165, 1.54) is 94.6 Å². The number of benzene rings is 9. The highest BCUT2D eigenvalue weighted by Gasteiger charge is 2.29. The summed E-state index contributed by atoms with van der Waals surface area (Å²) in [6.07, 6.45) is 0. The molecule has 0 aromatic heterocycles. The van der Waals surface area contributed by atoms with E-state index in [0.29, 0.717) is 0 Å². The average Bonchev–Trinajstić information content (AvgIpc) is 3.61. The van der Waals surface area contributed by atoms with Crippen molar-refractivity contribution >= 4 is 0 Å². The highest BCUT2D eigenvalue weighted by molar-refractivity contribution is 5.87. The largest absolute Gasteiger partial charge is 0.0622 e. The predicted octanol–water partition coefficient (Wildman–Crippen LogP) is 14.8. The third-order valence-electron chi connectivity index (χ3n) is 11.2. The normalized spacial score (nSPS) is 11.9. The molecule has 0 heterocycles. The van der Waals surface area contributed by atoms with Gasteiger partial charge in [-0.15, -0.1) is 0 Å². The lowest BCUT2D eigenvalue weighted by atomic mass is 9.88. The van der Waals surface area contributed by atoms with Crippen LogP contribution in [0.25, 0.3) is 77.9 Å². The molecule has 1 aliphatic carbocycles. The van der Waals surface area contributed by atoms with Crippen LogP contribution in [0.1, 0.15) is 22.6 Å². The maximum Gasteiger partial charge on any atom is 0.0352 e. The number of hydrogen-bond acceptors (Lipinski definition) is 0. The summed E-state index contributed by atoms with van der Waals surface area (Å²) in [4.78, 5) is 0. The number of rotatable bonds is 7. The van der Waals surface area contributed by atoms with E-state index in [1.807, 2.05) is 0 Å². The van der Waals surface area contributed by atoms with Gasteiger partial charge in [0.1, 0.15) is 0 Å². The Labute approximate surface area is 323 Å². The van der Waals surface area contributed by atoms with E-state index in [1.54, 1.807) is 0 Å². The lowest BCUT2D eigenvalue weighted by molar-refractivity contribution is 1.02. The van der Waals surface area contributed by atoms with E-state index in [9.17, 15) is 0 Å². The third kappa shape index (κ3) is 6.28. The molecule has 0 atom stereocenters. The Morgan fingerprint density at radius 2 is 0.455 bits per heavy atom. The quantitative estimate of drug-likeness (QED) is 0.155. The molecule has 0 unspecified atom stereocenters. The molecule has 0 fully saturated rings. The first-order valence-corrected chi connectivity index (χ1v) is 19.1. The second-order valence-corrected chi connectivity index (χ2v) is 14.5. The van der Waals surface area contributed by atoms with Gasteiger partial charge in [0, 0.05) is 5.92 Å². The van der Waals surface area contributed by atoms with Gasteiger partial charge in [-0.2, -0.15) is 0 Å². The van der Waals surface area contributed by atoms with Crippen LogP contribution in [0, 0.1) is 0 Å². The van der Waals surface area contributed by atoms with E-state index in [0.717, 1.165) is 0 Å². The molecule has 9 aromatic carbocycles. The zero-order valence-corrected chi connectivity index (χ0v) is 30.4. The fraction of sp³-hybridized carbons (Fsp3) is 0.0182. The predicted molar refractivity (Wildman–Crippen MR) is 232 cm³/mol. The molecule has 0 amide bonds. The highest BCUT2D eigenvalue weighted by Crippen LogP contribution is 2.48. The molecule has 1 aliphatic rings.